The number of halogens is 1. The minimum absolute atomic E-state index is 0.00469. The van der Waals surface area contributed by atoms with Crippen LogP contribution in [0.5, 0.6) is 0 Å². The van der Waals surface area contributed by atoms with Crippen molar-refractivity contribution in [3.8, 4) is 0 Å². The number of fused-ring (bicyclic) bond motifs is 1. The summed E-state index contributed by atoms with van der Waals surface area (Å²) in [6.45, 7) is 0.744. The Morgan fingerprint density at radius 3 is 2.40 bits per heavy atom. The number of ether oxygens (including phenoxy) is 1. The predicted octanol–water partition coefficient (Wildman–Crippen LogP) is 5.96. The molecule has 30 heavy (non-hydrogen) atoms. The Bertz CT molecular complexity index is 1030. The predicted molar refractivity (Wildman–Crippen MR) is 119 cm³/mol. The number of hydrogen-bond donors (Lipinski definition) is 0. The van der Waals surface area contributed by atoms with Crippen molar-refractivity contribution in [2.24, 2.45) is 0 Å². The molecule has 0 saturated carbocycles. The van der Waals surface area contributed by atoms with E-state index in [1.807, 2.05) is 60.7 Å². The highest BCUT2D eigenvalue weighted by Crippen LogP contribution is 2.34. The Morgan fingerprint density at radius 2 is 1.63 bits per heavy atom. The highest BCUT2D eigenvalue weighted by Gasteiger charge is 2.33. The molecule has 1 aliphatic rings. The number of nitrogens with zero attached hydrogens (tertiary/aromatic N) is 1. The van der Waals surface area contributed by atoms with E-state index in [1.165, 1.54) is 5.56 Å². The van der Waals surface area contributed by atoms with Crippen LogP contribution in [0.4, 0.5) is 4.79 Å². The highest BCUT2D eigenvalue weighted by atomic mass is 79.9. The van der Waals surface area contributed by atoms with E-state index in [-0.39, 0.29) is 30.9 Å². The van der Waals surface area contributed by atoms with Gasteiger partial charge in [-0.25, -0.2) is 4.79 Å². The molecule has 0 fully saturated rings. The first-order valence-corrected chi connectivity index (χ1v) is 10.7. The van der Waals surface area contributed by atoms with Crippen LogP contribution >= 0.6 is 15.9 Å². The maximum absolute atomic E-state index is 13.0. The summed E-state index contributed by atoms with van der Waals surface area (Å²) in [5, 5.41) is 0. The fourth-order valence-electron chi connectivity index (χ4n) is 3.82. The van der Waals surface area contributed by atoms with E-state index in [2.05, 4.69) is 22.0 Å². The van der Waals surface area contributed by atoms with E-state index in [0.717, 1.165) is 22.0 Å². The molecule has 1 aliphatic heterocycles. The number of amides is 1. The Balaban J connectivity index is 1.55. The second-order valence-corrected chi connectivity index (χ2v) is 8.25. The zero-order valence-corrected chi connectivity index (χ0v) is 18.0. The maximum Gasteiger partial charge on any atom is 0.410 e. The summed E-state index contributed by atoms with van der Waals surface area (Å²) in [6.07, 6.45) is 0.584. The zero-order chi connectivity index (χ0) is 20.9. The first-order chi connectivity index (χ1) is 14.6. The monoisotopic (exact) mass is 463 g/mol. The molecule has 0 aliphatic carbocycles. The summed E-state index contributed by atoms with van der Waals surface area (Å²) < 4.78 is 6.51. The molecule has 1 heterocycles. The molecular formula is C25H22BrNO3. The lowest BCUT2D eigenvalue weighted by atomic mass is 9.89. The van der Waals surface area contributed by atoms with E-state index in [9.17, 15) is 9.59 Å². The molecule has 0 N–H and O–H groups in total. The molecule has 3 aromatic carbocycles. The minimum Gasteiger partial charge on any atom is -0.445 e. The van der Waals surface area contributed by atoms with Gasteiger partial charge in [0.05, 0.1) is 6.04 Å². The second kappa shape index (κ2) is 9.26. The summed E-state index contributed by atoms with van der Waals surface area (Å²) in [5.74, 6) is 0.00469. The van der Waals surface area contributed by atoms with Gasteiger partial charge in [0, 0.05) is 23.0 Å². The van der Waals surface area contributed by atoms with E-state index >= 15 is 0 Å². The van der Waals surface area contributed by atoms with Crippen LogP contribution in [0, 0.1) is 0 Å². The molecule has 0 bridgehead atoms. The maximum atomic E-state index is 13.0. The van der Waals surface area contributed by atoms with Crippen molar-refractivity contribution in [3.05, 3.63) is 106 Å². The molecule has 4 nitrogen and oxygen atoms in total. The van der Waals surface area contributed by atoms with Crippen LogP contribution in [0.1, 0.15) is 39.5 Å². The summed E-state index contributed by atoms with van der Waals surface area (Å²) in [6, 6.07) is 24.6. The number of rotatable bonds is 5. The van der Waals surface area contributed by atoms with E-state index in [0.29, 0.717) is 12.1 Å². The quantitative estimate of drug-likeness (QED) is 0.438. The lowest BCUT2D eigenvalue weighted by Gasteiger charge is -2.36. The van der Waals surface area contributed by atoms with Crippen molar-refractivity contribution in [1.29, 1.82) is 0 Å². The third-order valence-corrected chi connectivity index (χ3v) is 5.93. The Labute approximate surface area is 184 Å². The fourth-order valence-corrected chi connectivity index (χ4v) is 4.09. The molecule has 0 saturated heterocycles. The lowest BCUT2D eigenvalue weighted by molar-refractivity contribution is 0.0705. The largest absolute Gasteiger partial charge is 0.445 e. The van der Waals surface area contributed by atoms with Crippen molar-refractivity contribution < 1.29 is 14.3 Å². The minimum atomic E-state index is -0.387. The van der Waals surface area contributed by atoms with Gasteiger partial charge in [-0.05, 0) is 35.2 Å². The molecule has 1 unspecified atom stereocenters. The molecule has 0 radical (unpaired) electrons. The summed E-state index contributed by atoms with van der Waals surface area (Å²) in [5.41, 5.74) is 3.77. The van der Waals surface area contributed by atoms with Crippen LogP contribution in [0.2, 0.25) is 0 Å². The average Bonchev–Trinajstić information content (AvgIpc) is 2.79. The standard InChI is InChI=1S/C25H22BrNO3/c26-21-12-10-20(11-13-21)24(28)16-23-22-9-5-4-8-19(22)14-15-27(23)25(29)30-17-18-6-2-1-3-7-18/h1-13,23H,14-17H2. The number of benzene rings is 3. The van der Waals surface area contributed by atoms with Gasteiger partial charge in [0.15, 0.2) is 5.78 Å². The van der Waals surface area contributed by atoms with Gasteiger partial charge < -0.3 is 9.64 Å². The number of carbonyl (C=O) groups excluding carboxylic acids is 2. The van der Waals surface area contributed by atoms with Gasteiger partial charge in [-0.15, -0.1) is 0 Å². The van der Waals surface area contributed by atoms with E-state index in [1.54, 1.807) is 17.0 Å². The zero-order valence-electron chi connectivity index (χ0n) is 16.5. The SMILES string of the molecule is O=C(CC1c2ccccc2CCN1C(=O)OCc1ccccc1)c1ccc(Br)cc1. The average molecular weight is 464 g/mol. The van der Waals surface area contributed by atoms with E-state index in [4.69, 9.17) is 4.74 Å². The van der Waals surface area contributed by atoms with Crippen LogP contribution in [0.15, 0.2) is 83.3 Å². The normalized spacial score (nSPS) is 15.4. The topological polar surface area (TPSA) is 46.6 Å². The van der Waals surface area contributed by atoms with Crippen LogP contribution in [-0.2, 0) is 17.8 Å². The molecule has 1 atom stereocenters. The molecular weight excluding hydrogens is 442 g/mol. The van der Waals surface area contributed by atoms with E-state index < -0.39 is 0 Å². The molecule has 0 spiro atoms. The fraction of sp³-hybridized carbons (Fsp3) is 0.200. The molecule has 3 aromatic rings. The van der Waals surface area contributed by atoms with Crippen molar-refractivity contribution in [1.82, 2.24) is 4.90 Å². The third kappa shape index (κ3) is 4.62. The summed E-state index contributed by atoms with van der Waals surface area (Å²) >= 11 is 3.40. The summed E-state index contributed by atoms with van der Waals surface area (Å²) in [7, 11) is 0. The lowest BCUT2D eigenvalue weighted by Crippen LogP contribution is -2.41. The molecule has 0 aromatic heterocycles. The molecule has 4 rings (SSSR count). The third-order valence-electron chi connectivity index (χ3n) is 5.40. The second-order valence-electron chi connectivity index (χ2n) is 7.33. The van der Waals surface area contributed by atoms with Gasteiger partial charge in [0.2, 0.25) is 0 Å². The Morgan fingerprint density at radius 1 is 0.933 bits per heavy atom. The van der Waals surface area contributed by atoms with Crippen molar-refractivity contribution >= 4 is 27.8 Å². The van der Waals surface area contributed by atoms with Crippen molar-refractivity contribution in [2.45, 2.75) is 25.5 Å². The van der Waals surface area contributed by atoms with Crippen molar-refractivity contribution in [2.75, 3.05) is 6.54 Å². The first-order valence-electron chi connectivity index (χ1n) is 9.96. The van der Waals surface area contributed by atoms with Crippen LogP contribution < -0.4 is 0 Å². The van der Waals surface area contributed by atoms with Gasteiger partial charge in [-0.3, -0.25) is 4.79 Å². The molecule has 5 heteroatoms. The first kappa shape index (κ1) is 20.4. The van der Waals surface area contributed by atoms with Crippen LogP contribution in [0.3, 0.4) is 0 Å². The van der Waals surface area contributed by atoms with Gasteiger partial charge in [0.25, 0.3) is 0 Å². The molecule has 152 valence electrons. The smallest absolute Gasteiger partial charge is 0.410 e. The van der Waals surface area contributed by atoms with Crippen LogP contribution in [-0.4, -0.2) is 23.3 Å². The van der Waals surface area contributed by atoms with Gasteiger partial charge in [-0.2, -0.15) is 0 Å². The number of hydrogen-bond acceptors (Lipinski definition) is 3. The summed E-state index contributed by atoms with van der Waals surface area (Å²) in [4.78, 5) is 27.6. The Kier molecular flexibility index (Phi) is 6.29. The van der Waals surface area contributed by atoms with Gasteiger partial charge >= 0.3 is 6.09 Å². The number of ketones is 1. The molecule has 1 amide bonds. The van der Waals surface area contributed by atoms with Crippen molar-refractivity contribution in [3.63, 3.8) is 0 Å². The number of Topliss-reactive ketones (excluding diaryl/α,β-unsaturated/α-hetero) is 1. The highest BCUT2D eigenvalue weighted by molar-refractivity contribution is 9.10. The Hall–Kier alpha value is -2.92. The van der Waals surface area contributed by atoms with Gasteiger partial charge in [-0.1, -0.05) is 82.7 Å². The van der Waals surface area contributed by atoms with Gasteiger partial charge in [0.1, 0.15) is 6.61 Å². The number of carbonyl (C=O) groups is 2. The van der Waals surface area contributed by atoms with Crippen LogP contribution in [0.25, 0.3) is 0 Å².